The van der Waals surface area contributed by atoms with Crippen molar-refractivity contribution in [3.63, 3.8) is 0 Å². The van der Waals surface area contributed by atoms with Gasteiger partial charge < -0.3 is 14.2 Å². The van der Waals surface area contributed by atoms with Crippen molar-refractivity contribution in [3.05, 3.63) is 18.4 Å². The molecular formula is C20H31N3O5Ru+. The molecule has 163 valence electrons. The molecule has 0 spiro atoms. The first-order valence-electron chi connectivity index (χ1n) is 10.1. The molecule has 9 heteroatoms. The zero-order chi connectivity index (χ0) is 20.3. The van der Waals surface area contributed by atoms with Crippen LogP contribution in [0.2, 0.25) is 0 Å². The van der Waals surface area contributed by atoms with Crippen molar-refractivity contribution < 1.29 is 47.8 Å². The number of nitrogens with zero attached hydrogens (tertiary/aromatic N) is 1. The summed E-state index contributed by atoms with van der Waals surface area (Å²) in [6.45, 7) is 3.72. The Bertz CT molecular complexity index is 650. The first kappa shape index (κ1) is 24.1. The van der Waals surface area contributed by atoms with Gasteiger partial charge in [0.15, 0.2) is 0 Å². The number of likely N-dealkylation sites (N-methyl/N-ethyl adjacent to an activating group) is 1. The van der Waals surface area contributed by atoms with Crippen LogP contribution in [0.5, 0.6) is 0 Å². The number of hydrogen-bond donors (Lipinski definition) is 2. The molecule has 2 fully saturated rings. The average Bonchev–Trinajstić information content (AvgIpc) is 3.07. The van der Waals surface area contributed by atoms with E-state index in [2.05, 4.69) is 5.32 Å². The maximum absolute atomic E-state index is 12.7. The molecule has 4 atom stereocenters. The molecule has 3 aliphatic rings. The molecule has 1 aliphatic carbocycles. The Morgan fingerprint density at radius 3 is 2.69 bits per heavy atom. The number of carbonyl (C=O) groups is 2. The first-order valence-corrected chi connectivity index (χ1v) is 10.1. The molecular weight excluding hydrogens is 463 g/mol. The molecule has 1 radical (unpaired) electrons. The number of amidine groups is 1. The number of carbonyl (C=O) groups excluding carboxylic acids is 2. The monoisotopic (exact) mass is 495 g/mol. The molecule has 8 nitrogen and oxygen atoms in total. The van der Waals surface area contributed by atoms with E-state index in [9.17, 15) is 9.59 Å². The summed E-state index contributed by atoms with van der Waals surface area (Å²) in [7, 11) is 1.74. The van der Waals surface area contributed by atoms with Crippen LogP contribution in [0.15, 0.2) is 12.3 Å². The minimum absolute atomic E-state index is 0. The molecule has 1 saturated heterocycles. The number of rotatable bonds is 6. The van der Waals surface area contributed by atoms with Crippen LogP contribution in [0.3, 0.4) is 0 Å². The van der Waals surface area contributed by atoms with Gasteiger partial charge in [0.1, 0.15) is 30.9 Å². The number of quaternary nitrogens is 1. The van der Waals surface area contributed by atoms with E-state index in [-0.39, 0.29) is 66.5 Å². The number of nitrogens with one attached hydrogen (secondary N) is 2. The molecule has 0 bridgehead atoms. The molecule has 2 unspecified atom stereocenters. The van der Waals surface area contributed by atoms with E-state index in [1.807, 2.05) is 0 Å². The summed E-state index contributed by atoms with van der Waals surface area (Å²) in [4.78, 5) is 24.5. The Morgan fingerprint density at radius 2 is 2.07 bits per heavy atom. The fourth-order valence-electron chi connectivity index (χ4n) is 3.80. The predicted octanol–water partition coefficient (Wildman–Crippen LogP) is 2.84. The average molecular weight is 495 g/mol. The summed E-state index contributed by atoms with van der Waals surface area (Å²) in [5, 5.41) is 10.2. The SMILES string of the molecule is CC(C)C(=O)OC[C@@H]1CC(O[C-]2CCCCC2)[C@H]([N+]2(C)C=CC(=N)NC2=O)O1.[Ru+]. The third kappa shape index (κ3) is 5.72. The van der Waals surface area contributed by atoms with Crippen LogP contribution >= 0.6 is 0 Å². The van der Waals surface area contributed by atoms with Gasteiger partial charge in [-0.25, -0.2) is 4.79 Å². The van der Waals surface area contributed by atoms with E-state index in [0.29, 0.717) is 6.42 Å². The van der Waals surface area contributed by atoms with Crippen LogP contribution in [0, 0.1) is 17.4 Å². The number of urea groups is 1. The van der Waals surface area contributed by atoms with Crippen molar-refractivity contribution in [1.82, 2.24) is 5.32 Å². The first-order chi connectivity index (χ1) is 13.3. The van der Waals surface area contributed by atoms with E-state index >= 15 is 0 Å². The molecule has 2 N–H and O–H groups in total. The standard InChI is InChI=1S/C20H31N3O5.Ru/c1-13(2)19(24)26-12-15-11-16(27-14-7-5-4-6-8-14)18(28-15)23(3)10-9-17(21)22-20(23)25;/h9-10,13,15-16,18H,4-8,11-12H2,1-3H3,(H2,21,22,25);/q;+1/t15-,16?,18+,23?;/m0./s1. The molecule has 2 amide bonds. The predicted molar refractivity (Wildman–Crippen MR) is 102 cm³/mol. The van der Waals surface area contributed by atoms with Crippen LogP contribution in [0.4, 0.5) is 4.79 Å². The summed E-state index contributed by atoms with van der Waals surface area (Å²) < 4.78 is 17.7. The minimum atomic E-state index is -0.568. The van der Waals surface area contributed by atoms with Crippen LogP contribution < -0.4 is 5.32 Å². The maximum atomic E-state index is 12.7. The van der Waals surface area contributed by atoms with Gasteiger partial charge >= 0.3 is 31.5 Å². The second kappa shape index (κ2) is 10.2. The Hall–Kier alpha value is -1.15. The van der Waals surface area contributed by atoms with Gasteiger partial charge in [-0.2, -0.15) is 23.4 Å². The van der Waals surface area contributed by atoms with Gasteiger partial charge in [0.25, 0.3) is 0 Å². The number of amides is 2. The Balaban J connectivity index is 0.00000300. The summed E-state index contributed by atoms with van der Waals surface area (Å²) in [6.07, 6.45) is 8.93. The Morgan fingerprint density at radius 1 is 1.38 bits per heavy atom. The van der Waals surface area contributed by atoms with Crippen molar-refractivity contribution in [2.75, 3.05) is 13.7 Å². The molecule has 29 heavy (non-hydrogen) atoms. The third-order valence-electron chi connectivity index (χ3n) is 5.52. The molecule has 1 saturated carbocycles. The van der Waals surface area contributed by atoms with E-state index < -0.39 is 6.23 Å². The van der Waals surface area contributed by atoms with Crippen molar-refractivity contribution in [1.29, 1.82) is 5.41 Å². The van der Waals surface area contributed by atoms with Gasteiger partial charge in [0, 0.05) is 12.5 Å². The summed E-state index contributed by atoms with van der Waals surface area (Å²) >= 11 is 0. The van der Waals surface area contributed by atoms with Gasteiger partial charge in [-0.3, -0.25) is 15.5 Å². The molecule has 2 aliphatic heterocycles. The second-order valence-electron chi connectivity index (χ2n) is 8.23. The smallest absolute Gasteiger partial charge is 0.540 e. The molecule has 2 heterocycles. The second-order valence-corrected chi connectivity index (χ2v) is 8.23. The molecule has 0 aromatic heterocycles. The van der Waals surface area contributed by atoms with E-state index in [4.69, 9.17) is 19.6 Å². The number of ether oxygens (including phenoxy) is 3. The van der Waals surface area contributed by atoms with E-state index in [1.165, 1.54) is 6.42 Å². The third-order valence-corrected chi connectivity index (χ3v) is 5.52. The normalized spacial score (nSPS) is 32.8. The number of hydrogen-bond acceptors (Lipinski definition) is 6. The van der Waals surface area contributed by atoms with Gasteiger partial charge in [0.05, 0.1) is 13.0 Å². The van der Waals surface area contributed by atoms with Crippen LogP contribution in [-0.4, -0.2) is 54.4 Å². The van der Waals surface area contributed by atoms with Gasteiger partial charge in [-0.1, -0.05) is 33.1 Å². The van der Waals surface area contributed by atoms with Gasteiger partial charge in [-0.15, -0.1) is 0 Å². The summed E-state index contributed by atoms with van der Waals surface area (Å²) in [6, 6.07) is -0.334. The van der Waals surface area contributed by atoms with Crippen molar-refractivity contribution in [2.24, 2.45) is 5.92 Å². The van der Waals surface area contributed by atoms with Crippen molar-refractivity contribution in [2.45, 2.75) is 70.8 Å². The Labute approximate surface area is 185 Å². The topological polar surface area (TPSA) is 97.7 Å². The Kier molecular flexibility index (Phi) is 8.52. The number of esters is 1. The summed E-state index contributed by atoms with van der Waals surface area (Å²) in [5.74, 6) is -0.413. The minimum Gasteiger partial charge on any atom is -0.540 e. The van der Waals surface area contributed by atoms with Gasteiger partial charge in [-0.05, 0) is 0 Å². The fourth-order valence-corrected chi connectivity index (χ4v) is 3.80. The van der Waals surface area contributed by atoms with Crippen LogP contribution in [0.25, 0.3) is 0 Å². The quantitative estimate of drug-likeness (QED) is 0.256. The van der Waals surface area contributed by atoms with Gasteiger partial charge in [0.2, 0.25) is 6.23 Å². The van der Waals surface area contributed by atoms with E-state index in [1.54, 1.807) is 33.2 Å². The zero-order valence-corrected chi connectivity index (χ0v) is 19.0. The molecule has 0 aromatic rings. The maximum Gasteiger partial charge on any atom is 1.00 e. The molecule has 0 aromatic carbocycles. The van der Waals surface area contributed by atoms with E-state index in [0.717, 1.165) is 31.8 Å². The van der Waals surface area contributed by atoms with Crippen molar-refractivity contribution in [3.8, 4) is 0 Å². The zero-order valence-electron chi connectivity index (χ0n) is 17.3. The summed E-state index contributed by atoms with van der Waals surface area (Å²) in [5.41, 5.74) is 0. The fraction of sp³-hybridized carbons (Fsp3) is 0.700. The molecule has 3 rings (SSSR count). The largest absolute Gasteiger partial charge is 1.00 e. The van der Waals surface area contributed by atoms with Crippen LogP contribution in [0.1, 0.15) is 52.4 Å². The van der Waals surface area contributed by atoms with Crippen LogP contribution in [-0.2, 0) is 38.5 Å². The van der Waals surface area contributed by atoms with Crippen molar-refractivity contribution >= 4 is 17.8 Å².